The zero-order valence-corrected chi connectivity index (χ0v) is 62.8. The monoisotopic (exact) mass is 1380 g/mol. The molecule has 18 aliphatic rings. The highest BCUT2D eigenvalue weighted by Gasteiger charge is 2.64. The third-order valence-electron chi connectivity index (χ3n) is 27.0. The standard InChI is InChI=1S/C17H26O2.C16H24O2.C14H20O4.C14H20O3.C12H20O2.C11H18O2/c1-10(2)16(18)19-17(11(3)4)14-6-12-5-13(8-14)9-15(17)7-12;1-4-16(18-15(17)10(2)3)13-6-11-5-12(8-13)9-14(16)7-11;1-8(2)12(15)18-11-9-3-13(16)5-10(11)6-14(17,4-9)7-13;1-8(2)13(15)17-12-10-3-9-4-11(12)7-14(16,5-9)6-10;1-4-12(8-6-5-7-9-12)14-11(13)10(2)3;1-4-11(7-5-6-8-11)13-10(12)9(2)3/h11-15H,1,5-9H2,2-4H3;11-14H,2,4-9H2,1,3H3;9-11,16-17H,1,3-7H2,2H3;9-12,16H,1,3-7H2,2H3;2,4-9H2,1,3H3;2,4-8H2,1,3H3. The maximum Gasteiger partial charge on any atom is 0.333 e. The molecule has 3 N–H and O–H groups in total. The average Bonchev–Trinajstić information content (AvgIpc) is 1.04. The van der Waals surface area contributed by atoms with E-state index in [2.05, 4.69) is 74.1 Å². The number of esters is 6. The summed E-state index contributed by atoms with van der Waals surface area (Å²) in [4.78, 5) is 70.2. The summed E-state index contributed by atoms with van der Waals surface area (Å²) in [6.07, 6.45) is 33.7. The van der Waals surface area contributed by atoms with Gasteiger partial charge >= 0.3 is 35.8 Å². The summed E-state index contributed by atoms with van der Waals surface area (Å²) in [5.41, 5.74) is 0.284. The van der Waals surface area contributed by atoms with Gasteiger partial charge in [0.2, 0.25) is 0 Å². The smallest absolute Gasteiger partial charge is 0.333 e. The van der Waals surface area contributed by atoms with Gasteiger partial charge in [-0.1, -0.05) is 80.5 Å². The van der Waals surface area contributed by atoms with Gasteiger partial charge < -0.3 is 43.7 Å². The van der Waals surface area contributed by atoms with Gasteiger partial charge in [0, 0.05) is 51.7 Å². The quantitative estimate of drug-likeness (QED) is 0.0744. The van der Waals surface area contributed by atoms with Crippen LogP contribution < -0.4 is 0 Å². The minimum atomic E-state index is -0.743. The van der Waals surface area contributed by atoms with Crippen LogP contribution in [0.15, 0.2) is 72.9 Å². The molecule has 554 valence electrons. The van der Waals surface area contributed by atoms with Crippen LogP contribution >= 0.6 is 0 Å². The number of rotatable bonds is 16. The molecule has 18 saturated carbocycles. The highest BCUT2D eigenvalue weighted by molar-refractivity contribution is 5.89. The minimum Gasteiger partial charge on any atom is -0.458 e. The molecule has 18 fully saturated rings. The molecule has 0 radical (unpaired) electrons. The number of ether oxygens (including phenoxy) is 6. The molecule has 15 nitrogen and oxygen atoms in total. The molecule has 0 aromatic heterocycles. The van der Waals surface area contributed by atoms with Gasteiger partial charge in [-0.2, -0.15) is 0 Å². The van der Waals surface area contributed by atoms with Gasteiger partial charge in [0.05, 0.1) is 16.8 Å². The van der Waals surface area contributed by atoms with E-state index in [1.807, 2.05) is 0 Å². The van der Waals surface area contributed by atoms with Crippen molar-refractivity contribution >= 4 is 35.8 Å². The lowest BCUT2D eigenvalue weighted by Gasteiger charge is -2.61. The maximum absolute atomic E-state index is 12.1. The Morgan fingerprint density at radius 1 is 0.364 bits per heavy atom. The molecule has 0 saturated heterocycles. The summed E-state index contributed by atoms with van der Waals surface area (Å²) in [6, 6.07) is 0. The number of hydrogen-bond acceptors (Lipinski definition) is 15. The van der Waals surface area contributed by atoms with Crippen molar-refractivity contribution in [3.05, 3.63) is 72.9 Å². The van der Waals surface area contributed by atoms with Gasteiger partial charge in [0.1, 0.15) is 34.6 Å². The Labute approximate surface area is 594 Å². The van der Waals surface area contributed by atoms with Crippen LogP contribution in [0.4, 0.5) is 0 Å². The molecule has 0 aliphatic heterocycles. The molecule has 18 aliphatic carbocycles. The highest BCUT2D eigenvalue weighted by atomic mass is 16.6. The number of carbonyl (C=O) groups excluding carboxylic acids is 6. The molecule has 0 heterocycles. The molecule has 15 heteroatoms. The second kappa shape index (κ2) is 31.2. The third kappa shape index (κ3) is 17.5. The van der Waals surface area contributed by atoms with Crippen molar-refractivity contribution in [2.75, 3.05) is 0 Å². The number of carbonyl (C=O) groups is 6. The lowest BCUT2D eigenvalue weighted by molar-refractivity contribution is -0.240. The van der Waals surface area contributed by atoms with Crippen LogP contribution in [0.2, 0.25) is 0 Å². The summed E-state index contributed by atoms with van der Waals surface area (Å²) >= 11 is 0. The molecule has 2 atom stereocenters. The van der Waals surface area contributed by atoms with Gasteiger partial charge in [-0.15, -0.1) is 0 Å². The van der Waals surface area contributed by atoms with Crippen molar-refractivity contribution in [2.45, 2.75) is 333 Å². The minimum absolute atomic E-state index is 0.0241. The van der Waals surface area contributed by atoms with E-state index in [9.17, 15) is 44.1 Å². The zero-order chi connectivity index (χ0) is 72.5. The van der Waals surface area contributed by atoms with E-state index in [1.165, 1.54) is 96.3 Å². The topological polar surface area (TPSA) is 218 Å². The summed E-state index contributed by atoms with van der Waals surface area (Å²) < 4.78 is 34.2. The Morgan fingerprint density at radius 3 is 1.00 bits per heavy atom. The van der Waals surface area contributed by atoms with E-state index in [-0.39, 0.29) is 82.3 Å². The van der Waals surface area contributed by atoms with Gasteiger partial charge in [-0.3, -0.25) is 0 Å². The van der Waals surface area contributed by atoms with Crippen molar-refractivity contribution in [1.82, 2.24) is 0 Å². The van der Waals surface area contributed by atoms with Gasteiger partial charge in [-0.25, -0.2) is 28.8 Å². The molecule has 16 bridgehead atoms. The van der Waals surface area contributed by atoms with Gasteiger partial charge in [-0.05, 0) is 305 Å². The van der Waals surface area contributed by atoms with Crippen LogP contribution in [0.1, 0.15) is 282 Å². The van der Waals surface area contributed by atoms with E-state index in [0.717, 1.165) is 101 Å². The van der Waals surface area contributed by atoms with E-state index < -0.39 is 16.8 Å². The van der Waals surface area contributed by atoms with Crippen LogP contribution in [0.5, 0.6) is 0 Å². The SMILES string of the molecule is C=C(C)C(=O)OC1(C(C)C)C2CC3CC(C2)CC1C3.C=C(C)C(=O)OC1(CC)C2CC3CC(C2)CC1C3.C=C(C)C(=O)OC1(CC)CCCC1.C=C(C)C(=O)OC1(CC)CCCCC1.C=C(C)C(=O)OC1C2CC3(O)CC1CC(O)(C2)C3.C=C(C)C(=O)OC1C2CC3CC1CC(O)(C3)C2. The summed E-state index contributed by atoms with van der Waals surface area (Å²) in [7, 11) is 0. The van der Waals surface area contributed by atoms with Crippen LogP contribution in [0.25, 0.3) is 0 Å². The molecule has 0 aromatic carbocycles. The maximum atomic E-state index is 12.1. The lowest BCUT2D eigenvalue weighted by atomic mass is 9.47. The van der Waals surface area contributed by atoms with Crippen LogP contribution in [-0.2, 0) is 57.2 Å². The highest BCUT2D eigenvalue weighted by Crippen LogP contribution is 2.64. The number of hydrogen-bond donors (Lipinski definition) is 3. The average molecular weight is 1380 g/mol. The van der Waals surface area contributed by atoms with Crippen molar-refractivity contribution in [3.8, 4) is 0 Å². The van der Waals surface area contributed by atoms with Crippen LogP contribution in [-0.4, -0.2) is 103 Å². The lowest BCUT2D eigenvalue weighted by Crippen LogP contribution is -2.64. The van der Waals surface area contributed by atoms with Crippen molar-refractivity contribution in [1.29, 1.82) is 0 Å². The van der Waals surface area contributed by atoms with Crippen LogP contribution in [0.3, 0.4) is 0 Å². The summed E-state index contributed by atoms with van der Waals surface area (Å²) in [5.74, 6) is 6.57. The first-order valence-corrected chi connectivity index (χ1v) is 38.9. The summed E-state index contributed by atoms with van der Waals surface area (Å²) in [5, 5.41) is 31.2. The Bertz CT molecular complexity index is 2930. The van der Waals surface area contributed by atoms with E-state index in [1.54, 1.807) is 41.5 Å². The molecule has 0 spiro atoms. The Balaban J connectivity index is 0.000000140. The second-order valence-corrected chi connectivity index (χ2v) is 35.4. The molecule has 2 unspecified atom stereocenters. The third-order valence-corrected chi connectivity index (χ3v) is 27.0. The summed E-state index contributed by atoms with van der Waals surface area (Å²) in [6.45, 7) is 43.0. The molecular formula is C84H128O15. The molecular weight excluding hydrogens is 1250 g/mol. The molecule has 18 rings (SSSR count). The molecule has 0 aromatic rings. The second-order valence-electron chi connectivity index (χ2n) is 35.4. The normalized spacial score (nSPS) is 39.0. The fourth-order valence-corrected chi connectivity index (χ4v) is 23.1. The fraction of sp³-hybridized carbons (Fsp3) is 0.786. The van der Waals surface area contributed by atoms with E-state index in [0.29, 0.717) is 113 Å². The largest absolute Gasteiger partial charge is 0.458 e. The van der Waals surface area contributed by atoms with Crippen molar-refractivity contribution in [2.24, 2.45) is 82.9 Å². The zero-order valence-electron chi connectivity index (χ0n) is 62.8. The Kier molecular flexibility index (Phi) is 24.7. The van der Waals surface area contributed by atoms with Crippen molar-refractivity contribution in [3.63, 3.8) is 0 Å². The fourth-order valence-electron chi connectivity index (χ4n) is 23.1. The first-order valence-electron chi connectivity index (χ1n) is 38.9. The Hall–Kier alpha value is -4.86. The predicted octanol–water partition coefficient (Wildman–Crippen LogP) is 16.9. The van der Waals surface area contributed by atoms with Gasteiger partial charge in [0.15, 0.2) is 0 Å². The Morgan fingerprint density at radius 2 is 0.677 bits per heavy atom. The first kappa shape index (κ1) is 78.3. The van der Waals surface area contributed by atoms with E-state index in [4.69, 9.17) is 28.4 Å². The van der Waals surface area contributed by atoms with E-state index >= 15 is 0 Å². The molecule has 0 amide bonds. The molecule has 99 heavy (non-hydrogen) atoms. The van der Waals surface area contributed by atoms with Gasteiger partial charge in [0.25, 0.3) is 0 Å². The van der Waals surface area contributed by atoms with Crippen LogP contribution in [0, 0.1) is 82.9 Å². The number of aliphatic hydroxyl groups is 3. The van der Waals surface area contributed by atoms with Crippen molar-refractivity contribution < 1.29 is 72.5 Å². The first-order chi connectivity index (χ1) is 46.4. The predicted molar refractivity (Wildman–Crippen MR) is 384 cm³/mol.